The van der Waals surface area contributed by atoms with Gasteiger partial charge in [-0.2, -0.15) is 0 Å². The normalized spacial score (nSPS) is 14.8. The topological polar surface area (TPSA) is 20.2 Å². The lowest BCUT2D eigenvalue weighted by Gasteiger charge is -2.16. The van der Waals surface area contributed by atoms with Crippen LogP contribution in [0.2, 0.25) is 0 Å². The van der Waals surface area contributed by atoms with Crippen molar-refractivity contribution in [3.05, 3.63) is 32.7 Å². The molecule has 3 heteroatoms. The maximum atomic E-state index is 10.1. The molecule has 0 spiro atoms. The predicted octanol–water partition coefficient (Wildman–Crippen LogP) is 5.07. The Morgan fingerprint density at radius 1 is 1.19 bits per heavy atom. The van der Waals surface area contributed by atoms with Crippen molar-refractivity contribution in [1.82, 2.24) is 0 Å². The summed E-state index contributed by atoms with van der Waals surface area (Å²) in [5, 5.41) is 10.1. The van der Waals surface area contributed by atoms with Crippen LogP contribution < -0.4 is 0 Å². The minimum Gasteiger partial charge on any atom is -0.388 e. The minimum atomic E-state index is -0.365. The van der Waals surface area contributed by atoms with Crippen LogP contribution >= 0.6 is 31.9 Å². The molecule has 0 saturated carbocycles. The van der Waals surface area contributed by atoms with Crippen LogP contribution in [0, 0.1) is 5.92 Å². The highest BCUT2D eigenvalue weighted by Crippen LogP contribution is 2.28. The van der Waals surface area contributed by atoms with Gasteiger partial charge in [0.05, 0.1) is 6.10 Å². The summed E-state index contributed by atoms with van der Waals surface area (Å²) in [4.78, 5) is 0. The highest BCUT2D eigenvalue weighted by atomic mass is 79.9. The van der Waals surface area contributed by atoms with E-state index >= 15 is 0 Å². The molecule has 0 aliphatic rings. The summed E-state index contributed by atoms with van der Waals surface area (Å²) < 4.78 is 2.00. The largest absolute Gasteiger partial charge is 0.388 e. The van der Waals surface area contributed by atoms with Crippen molar-refractivity contribution < 1.29 is 5.11 Å². The molecular weight excluding hydrogens is 332 g/mol. The SMILES string of the molecule is CCCC(C)CC(O)c1cc(Br)cc(Br)c1. The van der Waals surface area contributed by atoms with Crippen LogP contribution in [0.25, 0.3) is 0 Å². The lowest BCUT2D eigenvalue weighted by molar-refractivity contribution is 0.145. The van der Waals surface area contributed by atoms with Gasteiger partial charge in [-0.25, -0.2) is 0 Å². The second-order valence-electron chi connectivity index (χ2n) is 4.35. The number of benzene rings is 1. The summed E-state index contributed by atoms with van der Waals surface area (Å²) in [5.74, 6) is 0.567. The van der Waals surface area contributed by atoms with E-state index in [-0.39, 0.29) is 6.10 Å². The average molecular weight is 350 g/mol. The van der Waals surface area contributed by atoms with Crippen molar-refractivity contribution in [3.8, 4) is 0 Å². The maximum absolute atomic E-state index is 10.1. The molecule has 0 heterocycles. The molecule has 0 fully saturated rings. The number of aliphatic hydroxyl groups excluding tert-OH is 1. The van der Waals surface area contributed by atoms with Crippen LogP contribution in [0.3, 0.4) is 0 Å². The quantitative estimate of drug-likeness (QED) is 0.786. The monoisotopic (exact) mass is 348 g/mol. The second kappa shape index (κ2) is 6.77. The van der Waals surface area contributed by atoms with E-state index in [1.54, 1.807) is 0 Å². The third kappa shape index (κ3) is 4.56. The zero-order valence-corrected chi connectivity index (χ0v) is 12.9. The number of aliphatic hydroxyl groups is 1. The molecule has 0 aliphatic carbocycles. The van der Waals surface area contributed by atoms with Gasteiger partial charge in [0.1, 0.15) is 0 Å². The average Bonchev–Trinajstić information content (AvgIpc) is 2.16. The van der Waals surface area contributed by atoms with Gasteiger partial charge in [0.2, 0.25) is 0 Å². The third-order valence-corrected chi connectivity index (χ3v) is 3.59. The van der Waals surface area contributed by atoms with Crippen molar-refractivity contribution in [3.63, 3.8) is 0 Å². The van der Waals surface area contributed by atoms with Gasteiger partial charge in [-0.1, -0.05) is 58.5 Å². The summed E-state index contributed by atoms with van der Waals surface area (Å²) in [6.07, 6.45) is 2.81. The van der Waals surface area contributed by atoms with Gasteiger partial charge >= 0.3 is 0 Å². The molecular formula is C13H18Br2O. The summed E-state index contributed by atoms with van der Waals surface area (Å²) in [5.41, 5.74) is 0.976. The maximum Gasteiger partial charge on any atom is 0.0793 e. The van der Waals surface area contributed by atoms with Gasteiger partial charge in [-0.3, -0.25) is 0 Å². The van der Waals surface area contributed by atoms with Gasteiger partial charge in [-0.15, -0.1) is 0 Å². The highest BCUT2D eigenvalue weighted by molar-refractivity contribution is 9.11. The smallest absolute Gasteiger partial charge is 0.0793 e. The zero-order chi connectivity index (χ0) is 12.1. The van der Waals surface area contributed by atoms with Gasteiger partial charge in [-0.05, 0) is 36.1 Å². The molecule has 90 valence electrons. The Bertz CT molecular complexity index is 318. The Kier molecular flexibility index (Phi) is 6.01. The first-order chi connectivity index (χ1) is 7.52. The van der Waals surface area contributed by atoms with Crippen LogP contribution in [0.15, 0.2) is 27.1 Å². The van der Waals surface area contributed by atoms with Crippen LogP contribution in [0.1, 0.15) is 44.8 Å². The van der Waals surface area contributed by atoms with Crippen LogP contribution in [0.5, 0.6) is 0 Å². The summed E-state index contributed by atoms with van der Waals surface area (Å²) in [6, 6.07) is 5.94. The number of hydrogen-bond donors (Lipinski definition) is 1. The van der Waals surface area contributed by atoms with E-state index < -0.39 is 0 Å². The van der Waals surface area contributed by atoms with Crippen LogP contribution in [-0.2, 0) is 0 Å². The van der Waals surface area contributed by atoms with E-state index in [1.807, 2.05) is 18.2 Å². The molecule has 0 saturated heterocycles. The lowest BCUT2D eigenvalue weighted by Crippen LogP contribution is -2.04. The van der Waals surface area contributed by atoms with E-state index in [2.05, 4.69) is 45.7 Å². The molecule has 2 unspecified atom stereocenters. The Hall–Kier alpha value is 0.140. The Labute approximate surface area is 115 Å². The molecule has 16 heavy (non-hydrogen) atoms. The highest BCUT2D eigenvalue weighted by Gasteiger charge is 2.12. The first kappa shape index (κ1) is 14.2. The Balaban J connectivity index is 2.68. The second-order valence-corrected chi connectivity index (χ2v) is 6.18. The molecule has 1 nitrogen and oxygen atoms in total. The summed E-state index contributed by atoms with van der Waals surface area (Å²) >= 11 is 6.87. The lowest BCUT2D eigenvalue weighted by atomic mass is 9.95. The van der Waals surface area contributed by atoms with E-state index in [1.165, 1.54) is 12.8 Å². The Morgan fingerprint density at radius 3 is 2.25 bits per heavy atom. The van der Waals surface area contributed by atoms with Gasteiger partial charge in [0.25, 0.3) is 0 Å². The molecule has 0 radical (unpaired) electrons. The number of halogens is 2. The van der Waals surface area contributed by atoms with Crippen molar-refractivity contribution >= 4 is 31.9 Å². The standard InChI is InChI=1S/C13H18Br2O/c1-3-4-9(2)5-13(16)10-6-11(14)8-12(15)7-10/h6-9,13,16H,3-5H2,1-2H3. The van der Waals surface area contributed by atoms with E-state index in [0.29, 0.717) is 5.92 Å². The summed E-state index contributed by atoms with van der Waals surface area (Å²) in [6.45, 7) is 4.37. The number of rotatable bonds is 5. The van der Waals surface area contributed by atoms with Crippen LogP contribution in [-0.4, -0.2) is 5.11 Å². The molecule has 2 atom stereocenters. The van der Waals surface area contributed by atoms with Crippen molar-refractivity contribution in [2.45, 2.75) is 39.2 Å². The van der Waals surface area contributed by atoms with E-state index in [0.717, 1.165) is 20.9 Å². The van der Waals surface area contributed by atoms with Crippen molar-refractivity contribution in [1.29, 1.82) is 0 Å². The molecule has 0 amide bonds. The van der Waals surface area contributed by atoms with E-state index in [9.17, 15) is 5.11 Å². The van der Waals surface area contributed by atoms with Gasteiger partial charge in [0.15, 0.2) is 0 Å². The first-order valence-corrected chi connectivity index (χ1v) is 7.25. The molecule has 1 N–H and O–H groups in total. The molecule has 1 rings (SSSR count). The fourth-order valence-electron chi connectivity index (χ4n) is 1.90. The molecule has 0 aromatic heterocycles. The fourth-order valence-corrected chi connectivity index (χ4v) is 3.22. The third-order valence-electron chi connectivity index (χ3n) is 2.68. The molecule has 0 bridgehead atoms. The van der Waals surface area contributed by atoms with Gasteiger partial charge in [0, 0.05) is 8.95 Å². The van der Waals surface area contributed by atoms with Crippen LogP contribution in [0.4, 0.5) is 0 Å². The minimum absolute atomic E-state index is 0.365. The number of hydrogen-bond acceptors (Lipinski definition) is 1. The first-order valence-electron chi connectivity index (χ1n) is 5.67. The molecule has 1 aromatic carbocycles. The molecule has 0 aliphatic heterocycles. The summed E-state index contributed by atoms with van der Waals surface area (Å²) in [7, 11) is 0. The van der Waals surface area contributed by atoms with E-state index in [4.69, 9.17) is 0 Å². The molecule has 1 aromatic rings. The van der Waals surface area contributed by atoms with Gasteiger partial charge < -0.3 is 5.11 Å². The van der Waals surface area contributed by atoms with Crippen molar-refractivity contribution in [2.75, 3.05) is 0 Å². The fraction of sp³-hybridized carbons (Fsp3) is 0.538. The zero-order valence-electron chi connectivity index (χ0n) is 9.71. The Morgan fingerprint density at radius 2 is 1.75 bits per heavy atom. The van der Waals surface area contributed by atoms with Crippen molar-refractivity contribution in [2.24, 2.45) is 5.92 Å². The predicted molar refractivity (Wildman–Crippen MR) is 75.5 cm³/mol.